The summed E-state index contributed by atoms with van der Waals surface area (Å²) >= 11 is 0. The molecular weight excluding hydrogens is 261 g/mol. The molecule has 0 aliphatic heterocycles. The van der Waals surface area contributed by atoms with E-state index in [2.05, 4.69) is 5.32 Å². The van der Waals surface area contributed by atoms with Crippen molar-refractivity contribution in [3.8, 4) is 0 Å². The van der Waals surface area contributed by atoms with Crippen LogP contribution in [0.25, 0.3) is 0 Å². The van der Waals surface area contributed by atoms with Gasteiger partial charge in [0.1, 0.15) is 11.9 Å². The first-order chi connectivity index (χ1) is 9.52. The summed E-state index contributed by atoms with van der Waals surface area (Å²) in [6, 6.07) is 5.10. The number of carbonyl (C=O) groups is 2. The van der Waals surface area contributed by atoms with Crippen molar-refractivity contribution in [2.24, 2.45) is 0 Å². The maximum Gasteiger partial charge on any atom is 0.326 e. The van der Waals surface area contributed by atoms with E-state index in [9.17, 15) is 14.0 Å². The minimum Gasteiger partial charge on any atom is -0.480 e. The third-order valence-corrected chi connectivity index (χ3v) is 3.03. The second-order valence-electron chi connectivity index (χ2n) is 4.73. The standard InChI is InChI=1S/C15H20FNO3/c1-2-3-4-13(15(19)20)17-14(18)10-7-11-5-8-12(16)9-6-11/h5-6,8-9,13H,2-4,7,10H2,1H3,(H,17,18)(H,19,20). The number of aryl methyl sites for hydroxylation is 1. The summed E-state index contributed by atoms with van der Waals surface area (Å²) in [6.07, 6.45) is 2.74. The van der Waals surface area contributed by atoms with E-state index in [-0.39, 0.29) is 18.1 Å². The van der Waals surface area contributed by atoms with Crippen LogP contribution in [-0.2, 0) is 16.0 Å². The number of aliphatic carboxylic acids is 1. The molecule has 0 saturated heterocycles. The number of nitrogens with one attached hydrogen (secondary N) is 1. The highest BCUT2D eigenvalue weighted by Gasteiger charge is 2.18. The summed E-state index contributed by atoms with van der Waals surface area (Å²) in [6.45, 7) is 1.97. The largest absolute Gasteiger partial charge is 0.480 e. The Balaban J connectivity index is 2.41. The van der Waals surface area contributed by atoms with Crippen LogP contribution < -0.4 is 5.32 Å². The van der Waals surface area contributed by atoms with Crippen molar-refractivity contribution >= 4 is 11.9 Å². The molecule has 1 amide bonds. The molecule has 5 heteroatoms. The Kier molecular flexibility index (Phi) is 6.70. The minimum atomic E-state index is -1.01. The molecule has 0 aliphatic carbocycles. The zero-order chi connectivity index (χ0) is 15.0. The zero-order valence-electron chi connectivity index (χ0n) is 11.6. The van der Waals surface area contributed by atoms with E-state index in [1.807, 2.05) is 6.92 Å². The number of amides is 1. The van der Waals surface area contributed by atoms with Crippen molar-refractivity contribution in [3.63, 3.8) is 0 Å². The molecule has 20 heavy (non-hydrogen) atoms. The van der Waals surface area contributed by atoms with E-state index >= 15 is 0 Å². The van der Waals surface area contributed by atoms with Gasteiger partial charge in [-0.25, -0.2) is 9.18 Å². The van der Waals surface area contributed by atoms with Crippen LogP contribution >= 0.6 is 0 Å². The van der Waals surface area contributed by atoms with Crippen LogP contribution in [0.1, 0.15) is 38.2 Å². The van der Waals surface area contributed by atoms with Gasteiger partial charge in [0.05, 0.1) is 0 Å². The van der Waals surface area contributed by atoms with Crippen molar-refractivity contribution in [1.29, 1.82) is 0 Å². The molecule has 0 radical (unpaired) electrons. The number of hydrogen-bond donors (Lipinski definition) is 2. The van der Waals surface area contributed by atoms with Gasteiger partial charge in [0.2, 0.25) is 5.91 Å². The van der Waals surface area contributed by atoms with Gasteiger partial charge in [0, 0.05) is 6.42 Å². The second kappa shape index (κ2) is 8.30. The molecule has 2 N–H and O–H groups in total. The predicted octanol–water partition coefficient (Wildman–Crippen LogP) is 2.52. The van der Waals surface area contributed by atoms with Crippen LogP contribution in [0.3, 0.4) is 0 Å². The van der Waals surface area contributed by atoms with Gasteiger partial charge in [-0.2, -0.15) is 0 Å². The van der Waals surface area contributed by atoms with E-state index in [4.69, 9.17) is 5.11 Å². The number of hydrogen-bond acceptors (Lipinski definition) is 2. The fourth-order valence-electron chi connectivity index (χ4n) is 1.84. The van der Waals surface area contributed by atoms with Gasteiger partial charge in [0.25, 0.3) is 0 Å². The fraction of sp³-hybridized carbons (Fsp3) is 0.467. The first-order valence-electron chi connectivity index (χ1n) is 6.79. The van der Waals surface area contributed by atoms with Gasteiger partial charge in [-0.05, 0) is 30.5 Å². The van der Waals surface area contributed by atoms with E-state index in [1.54, 1.807) is 12.1 Å². The molecule has 1 atom stereocenters. The maximum absolute atomic E-state index is 12.7. The lowest BCUT2D eigenvalue weighted by Gasteiger charge is -2.14. The lowest BCUT2D eigenvalue weighted by Crippen LogP contribution is -2.40. The molecule has 1 aromatic carbocycles. The average Bonchev–Trinajstić information content (AvgIpc) is 2.42. The summed E-state index contributed by atoms with van der Waals surface area (Å²) in [4.78, 5) is 22.7. The van der Waals surface area contributed by atoms with Crippen LogP contribution in [0.2, 0.25) is 0 Å². The lowest BCUT2D eigenvalue weighted by molar-refractivity contribution is -0.142. The molecule has 1 rings (SSSR count). The average molecular weight is 281 g/mol. The summed E-state index contributed by atoms with van der Waals surface area (Å²) in [5, 5.41) is 11.5. The number of rotatable bonds is 8. The monoisotopic (exact) mass is 281 g/mol. The molecule has 0 heterocycles. The van der Waals surface area contributed by atoms with Gasteiger partial charge >= 0.3 is 5.97 Å². The lowest BCUT2D eigenvalue weighted by atomic mass is 10.1. The Morgan fingerprint density at radius 1 is 1.30 bits per heavy atom. The van der Waals surface area contributed by atoms with Crippen molar-refractivity contribution in [2.75, 3.05) is 0 Å². The SMILES string of the molecule is CCCCC(NC(=O)CCc1ccc(F)cc1)C(=O)O. The Morgan fingerprint density at radius 2 is 1.95 bits per heavy atom. The summed E-state index contributed by atoms with van der Waals surface area (Å²) in [7, 11) is 0. The first kappa shape index (κ1) is 16.1. The van der Waals surface area contributed by atoms with Crippen molar-refractivity contribution < 1.29 is 19.1 Å². The summed E-state index contributed by atoms with van der Waals surface area (Å²) < 4.78 is 12.7. The highest BCUT2D eigenvalue weighted by molar-refractivity contribution is 5.83. The van der Waals surface area contributed by atoms with E-state index in [0.717, 1.165) is 18.4 Å². The van der Waals surface area contributed by atoms with E-state index < -0.39 is 12.0 Å². The van der Waals surface area contributed by atoms with Gasteiger partial charge in [-0.3, -0.25) is 4.79 Å². The Hall–Kier alpha value is -1.91. The van der Waals surface area contributed by atoms with Crippen molar-refractivity contribution in [3.05, 3.63) is 35.6 Å². The number of unbranched alkanes of at least 4 members (excludes halogenated alkanes) is 1. The summed E-state index contributed by atoms with van der Waals surface area (Å²) in [5.74, 6) is -1.62. The Morgan fingerprint density at radius 3 is 2.50 bits per heavy atom. The highest BCUT2D eigenvalue weighted by Crippen LogP contribution is 2.06. The first-order valence-corrected chi connectivity index (χ1v) is 6.79. The molecule has 0 spiro atoms. The van der Waals surface area contributed by atoms with E-state index in [1.165, 1.54) is 12.1 Å². The van der Waals surface area contributed by atoms with Crippen LogP contribution in [0.15, 0.2) is 24.3 Å². The molecule has 0 bridgehead atoms. The number of carboxylic acids is 1. The van der Waals surface area contributed by atoms with E-state index in [0.29, 0.717) is 12.8 Å². The van der Waals surface area contributed by atoms with Gasteiger partial charge < -0.3 is 10.4 Å². The molecule has 1 unspecified atom stereocenters. The molecule has 110 valence electrons. The number of benzene rings is 1. The number of carboxylic acid groups (broad SMARTS) is 1. The topological polar surface area (TPSA) is 66.4 Å². The van der Waals surface area contributed by atoms with Crippen LogP contribution in [0.5, 0.6) is 0 Å². The van der Waals surface area contributed by atoms with Crippen LogP contribution in [0, 0.1) is 5.82 Å². The predicted molar refractivity (Wildman–Crippen MR) is 73.8 cm³/mol. The molecule has 0 saturated carbocycles. The number of halogens is 1. The fourth-order valence-corrected chi connectivity index (χ4v) is 1.84. The molecule has 0 fully saturated rings. The minimum absolute atomic E-state index is 0.196. The zero-order valence-corrected chi connectivity index (χ0v) is 11.6. The Bertz CT molecular complexity index is 445. The maximum atomic E-state index is 12.7. The third-order valence-electron chi connectivity index (χ3n) is 3.03. The van der Waals surface area contributed by atoms with Crippen molar-refractivity contribution in [1.82, 2.24) is 5.32 Å². The molecule has 0 aliphatic rings. The van der Waals surface area contributed by atoms with Crippen LogP contribution in [-0.4, -0.2) is 23.0 Å². The molecule has 0 aromatic heterocycles. The highest BCUT2D eigenvalue weighted by atomic mass is 19.1. The number of carbonyl (C=O) groups excluding carboxylic acids is 1. The summed E-state index contributed by atoms with van der Waals surface area (Å²) in [5.41, 5.74) is 0.849. The molecular formula is C15H20FNO3. The van der Waals surface area contributed by atoms with Gasteiger partial charge in [-0.15, -0.1) is 0 Å². The molecule has 1 aromatic rings. The van der Waals surface area contributed by atoms with Gasteiger partial charge in [-0.1, -0.05) is 31.9 Å². The van der Waals surface area contributed by atoms with Gasteiger partial charge in [0.15, 0.2) is 0 Å². The second-order valence-corrected chi connectivity index (χ2v) is 4.73. The van der Waals surface area contributed by atoms with Crippen molar-refractivity contribution in [2.45, 2.75) is 45.1 Å². The quantitative estimate of drug-likeness (QED) is 0.769. The molecule has 4 nitrogen and oxygen atoms in total. The third kappa shape index (κ3) is 5.82. The Labute approximate surface area is 118 Å². The smallest absolute Gasteiger partial charge is 0.326 e. The van der Waals surface area contributed by atoms with Crippen LogP contribution in [0.4, 0.5) is 4.39 Å². The normalized spacial score (nSPS) is 11.9.